The van der Waals surface area contributed by atoms with E-state index >= 15 is 0 Å². The summed E-state index contributed by atoms with van der Waals surface area (Å²) >= 11 is 6.24. The van der Waals surface area contributed by atoms with Gasteiger partial charge in [-0.3, -0.25) is 4.79 Å². The average Bonchev–Trinajstić information content (AvgIpc) is 3.22. The molecule has 1 amide bonds. The molecule has 0 unspecified atom stereocenters. The Balaban J connectivity index is 1.72. The molecule has 1 N–H and O–H groups in total. The number of nitrogens with zero attached hydrogens (tertiary/aromatic N) is 2. The Bertz CT molecular complexity index is 868. The van der Waals surface area contributed by atoms with Crippen LogP contribution in [0.5, 0.6) is 0 Å². The van der Waals surface area contributed by atoms with Crippen LogP contribution >= 0.6 is 39.0 Å². The minimum atomic E-state index is -3.71. The summed E-state index contributed by atoms with van der Waals surface area (Å²) in [6.45, 7) is 2.20. The molecule has 1 saturated heterocycles. The van der Waals surface area contributed by atoms with Crippen molar-refractivity contribution in [2.75, 3.05) is 11.6 Å². The first-order valence-electron chi connectivity index (χ1n) is 7.42. The number of rotatable bonds is 5. The highest BCUT2D eigenvalue weighted by Gasteiger charge is 2.39. The van der Waals surface area contributed by atoms with Crippen LogP contribution in [0.2, 0.25) is 0 Å². The van der Waals surface area contributed by atoms with Gasteiger partial charge in [-0.05, 0) is 31.2 Å². The molecule has 1 aromatic heterocycles. The van der Waals surface area contributed by atoms with Gasteiger partial charge in [0.15, 0.2) is 0 Å². The number of aryl methyl sites for hydroxylation is 1. The van der Waals surface area contributed by atoms with Crippen molar-refractivity contribution in [3.63, 3.8) is 0 Å². The SMILES string of the molecule is Cc1nc(CNC(=O)[C@H]2CSCN2S(=O)(=O)c2ccc(Br)cc2)cs1. The van der Waals surface area contributed by atoms with Gasteiger partial charge in [0.05, 0.1) is 28.0 Å². The summed E-state index contributed by atoms with van der Waals surface area (Å²) in [7, 11) is -3.71. The third kappa shape index (κ3) is 4.25. The number of carbonyl (C=O) groups excluding carboxylic acids is 1. The largest absolute Gasteiger partial charge is 0.349 e. The van der Waals surface area contributed by atoms with Crippen molar-refractivity contribution in [3.05, 3.63) is 44.8 Å². The number of thiazole rings is 1. The number of hydrogen-bond acceptors (Lipinski definition) is 6. The fourth-order valence-corrected chi connectivity index (χ4v) is 6.42. The first-order valence-corrected chi connectivity index (χ1v) is 11.7. The van der Waals surface area contributed by atoms with Crippen LogP contribution in [0.25, 0.3) is 0 Å². The van der Waals surface area contributed by atoms with Crippen molar-refractivity contribution in [3.8, 4) is 0 Å². The van der Waals surface area contributed by atoms with Crippen molar-refractivity contribution >= 4 is 55.0 Å². The van der Waals surface area contributed by atoms with Crippen LogP contribution in [0.3, 0.4) is 0 Å². The molecule has 1 fully saturated rings. The highest BCUT2D eigenvalue weighted by Crippen LogP contribution is 2.29. The molecule has 1 aliphatic heterocycles. The van der Waals surface area contributed by atoms with Gasteiger partial charge < -0.3 is 5.32 Å². The third-order valence-corrected chi connectivity index (χ3v) is 8.07. The number of carbonyl (C=O) groups is 1. The third-order valence-electron chi connectivity index (χ3n) is 3.68. The number of benzene rings is 1. The van der Waals surface area contributed by atoms with Crippen LogP contribution in [-0.4, -0.2) is 41.3 Å². The van der Waals surface area contributed by atoms with Crippen LogP contribution in [0.4, 0.5) is 0 Å². The van der Waals surface area contributed by atoms with E-state index in [1.165, 1.54) is 39.5 Å². The van der Waals surface area contributed by atoms with Gasteiger partial charge in [-0.15, -0.1) is 23.1 Å². The van der Waals surface area contributed by atoms with Gasteiger partial charge >= 0.3 is 0 Å². The number of sulfonamides is 1. The summed E-state index contributed by atoms with van der Waals surface area (Å²) in [5.74, 6) is 0.417. The molecule has 134 valence electrons. The summed E-state index contributed by atoms with van der Waals surface area (Å²) < 4.78 is 27.8. The molecule has 10 heteroatoms. The Kier molecular flexibility index (Phi) is 5.84. The Morgan fingerprint density at radius 1 is 1.40 bits per heavy atom. The van der Waals surface area contributed by atoms with Crippen molar-refractivity contribution < 1.29 is 13.2 Å². The van der Waals surface area contributed by atoms with Crippen LogP contribution < -0.4 is 5.32 Å². The van der Waals surface area contributed by atoms with E-state index in [-0.39, 0.29) is 16.7 Å². The van der Waals surface area contributed by atoms with Gasteiger partial charge in [-0.2, -0.15) is 4.31 Å². The lowest BCUT2D eigenvalue weighted by molar-refractivity contribution is -0.124. The van der Waals surface area contributed by atoms with E-state index in [1.807, 2.05) is 12.3 Å². The van der Waals surface area contributed by atoms with Gasteiger partial charge in [0.2, 0.25) is 15.9 Å². The lowest BCUT2D eigenvalue weighted by Crippen LogP contribution is -2.46. The number of halogens is 1. The number of hydrogen-bond donors (Lipinski definition) is 1. The van der Waals surface area contributed by atoms with Gasteiger partial charge in [0, 0.05) is 15.6 Å². The van der Waals surface area contributed by atoms with Crippen molar-refractivity contribution in [1.29, 1.82) is 0 Å². The van der Waals surface area contributed by atoms with Crippen LogP contribution in [0.1, 0.15) is 10.7 Å². The maximum atomic E-state index is 12.8. The van der Waals surface area contributed by atoms with E-state index in [0.29, 0.717) is 12.3 Å². The Morgan fingerprint density at radius 3 is 2.76 bits per heavy atom. The van der Waals surface area contributed by atoms with E-state index < -0.39 is 16.1 Å². The summed E-state index contributed by atoms with van der Waals surface area (Å²) in [5, 5.41) is 5.61. The molecule has 0 radical (unpaired) electrons. The molecule has 2 heterocycles. The lowest BCUT2D eigenvalue weighted by Gasteiger charge is -2.22. The zero-order valence-electron chi connectivity index (χ0n) is 13.3. The molecule has 0 spiro atoms. The number of aromatic nitrogens is 1. The fraction of sp³-hybridized carbons (Fsp3) is 0.333. The molecule has 25 heavy (non-hydrogen) atoms. The Morgan fingerprint density at radius 2 is 2.12 bits per heavy atom. The molecule has 1 aromatic carbocycles. The van der Waals surface area contributed by atoms with E-state index in [2.05, 4.69) is 26.2 Å². The zero-order chi connectivity index (χ0) is 18.0. The second-order valence-corrected chi connectivity index (χ2v) is 10.3. The normalized spacial score (nSPS) is 18.4. The lowest BCUT2D eigenvalue weighted by atomic mass is 10.3. The molecule has 6 nitrogen and oxygen atoms in total. The van der Waals surface area contributed by atoms with Crippen LogP contribution in [0, 0.1) is 6.92 Å². The first-order chi connectivity index (χ1) is 11.9. The second-order valence-electron chi connectivity index (χ2n) is 5.44. The van der Waals surface area contributed by atoms with Gasteiger partial charge in [-0.25, -0.2) is 13.4 Å². The van der Waals surface area contributed by atoms with E-state index in [0.717, 1.165) is 15.2 Å². The maximum absolute atomic E-state index is 12.8. The van der Waals surface area contributed by atoms with Gasteiger partial charge in [0.1, 0.15) is 6.04 Å². The number of thioether (sulfide) groups is 1. The maximum Gasteiger partial charge on any atom is 0.244 e. The minimum Gasteiger partial charge on any atom is -0.349 e. The summed E-state index contributed by atoms with van der Waals surface area (Å²) in [6, 6.07) is 5.72. The molecular formula is C15H16BrN3O3S3. The highest BCUT2D eigenvalue weighted by molar-refractivity contribution is 9.10. The van der Waals surface area contributed by atoms with Gasteiger partial charge in [-0.1, -0.05) is 15.9 Å². The molecule has 2 aromatic rings. The summed E-state index contributed by atoms with van der Waals surface area (Å²) in [6.07, 6.45) is 0. The van der Waals surface area contributed by atoms with E-state index in [1.54, 1.807) is 12.1 Å². The first kappa shape index (κ1) is 18.8. The van der Waals surface area contributed by atoms with Crippen molar-refractivity contribution in [1.82, 2.24) is 14.6 Å². The smallest absolute Gasteiger partial charge is 0.244 e. The minimum absolute atomic E-state index is 0.186. The molecule has 1 aliphatic rings. The molecule has 0 bridgehead atoms. The monoisotopic (exact) mass is 461 g/mol. The Hall–Kier alpha value is -0.940. The summed E-state index contributed by atoms with van der Waals surface area (Å²) in [5.41, 5.74) is 0.781. The van der Waals surface area contributed by atoms with Crippen molar-refractivity contribution in [2.24, 2.45) is 0 Å². The van der Waals surface area contributed by atoms with Crippen LogP contribution in [0.15, 0.2) is 39.0 Å². The average molecular weight is 462 g/mol. The van der Waals surface area contributed by atoms with E-state index in [9.17, 15) is 13.2 Å². The predicted octanol–water partition coefficient (Wildman–Crippen LogP) is 2.59. The van der Waals surface area contributed by atoms with Crippen LogP contribution in [-0.2, 0) is 21.4 Å². The van der Waals surface area contributed by atoms with E-state index in [4.69, 9.17) is 0 Å². The van der Waals surface area contributed by atoms with Gasteiger partial charge in [0.25, 0.3) is 0 Å². The quantitative estimate of drug-likeness (QED) is 0.739. The van der Waals surface area contributed by atoms with Crippen molar-refractivity contribution in [2.45, 2.75) is 24.4 Å². The topological polar surface area (TPSA) is 79.4 Å². The zero-order valence-corrected chi connectivity index (χ0v) is 17.3. The number of amides is 1. The number of nitrogens with one attached hydrogen (secondary N) is 1. The molecular weight excluding hydrogens is 446 g/mol. The standard InChI is InChI=1S/C15H16BrN3O3S3/c1-10-18-12(7-24-10)6-17-15(20)14-8-23-9-19(14)25(21,22)13-4-2-11(16)3-5-13/h2-5,7,14H,6,8-9H2,1H3,(H,17,20)/t14-/m1/s1. The Labute approximate surface area is 163 Å². The molecule has 3 rings (SSSR count). The molecule has 0 aliphatic carbocycles. The summed E-state index contributed by atoms with van der Waals surface area (Å²) in [4.78, 5) is 17.0. The molecule has 1 atom stereocenters. The molecule has 0 saturated carbocycles. The highest BCUT2D eigenvalue weighted by atomic mass is 79.9. The fourth-order valence-electron chi connectivity index (χ4n) is 2.40. The predicted molar refractivity (Wildman–Crippen MR) is 103 cm³/mol. The second kappa shape index (κ2) is 7.75.